The highest BCUT2D eigenvalue weighted by molar-refractivity contribution is 7.15. The molecule has 0 saturated heterocycles. The van der Waals surface area contributed by atoms with Crippen molar-refractivity contribution in [1.29, 1.82) is 0 Å². The summed E-state index contributed by atoms with van der Waals surface area (Å²) in [6.45, 7) is 4.72. The van der Waals surface area contributed by atoms with Crippen LogP contribution in [0.25, 0.3) is 0 Å². The van der Waals surface area contributed by atoms with Crippen molar-refractivity contribution < 1.29 is 4.79 Å². The van der Waals surface area contributed by atoms with Gasteiger partial charge in [-0.05, 0) is 55.3 Å². The SMILES string of the molecule is Cc1ccc(C(=O)c2ccc(NCc3cnc(Cl)s3)cc2)cc1C. The molecule has 1 heterocycles. The summed E-state index contributed by atoms with van der Waals surface area (Å²) in [6, 6.07) is 13.3. The Kier molecular flexibility index (Phi) is 4.97. The molecule has 0 aliphatic carbocycles. The predicted molar refractivity (Wildman–Crippen MR) is 100 cm³/mol. The zero-order chi connectivity index (χ0) is 17.1. The Hall–Kier alpha value is -2.17. The minimum Gasteiger partial charge on any atom is -0.380 e. The average molecular weight is 357 g/mol. The summed E-state index contributed by atoms with van der Waals surface area (Å²) in [5.41, 5.74) is 4.68. The van der Waals surface area contributed by atoms with Crippen LogP contribution in [0, 0.1) is 13.8 Å². The molecule has 0 aliphatic rings. The van der Waals surface area contributed by atoms with Crippen LogP contribution < -0.4 is 5.32 Å². The van der Waals surface area contributed by atoms with Crippen molar-refractivity contribution >= 4 is 34.4 Å². The van der Waals surface area contributed by atoms with Gasteiger partial charge in [-0.25, -0.2) is 4.98 Å². The fourth-order valence-electron chi connectivity index (χ4n) is 2.34. The maximum atomic E-state index is 12.6. The lowest BCUT2D eigenvalue weighted by molar-refractivity contribution is 0.103. The van der Waals surface area contributed by atoms with Crippen LogP contribution in [0.2, 0.25) is 4.47 Å². The van der Waals surface area contributed by atoms with E-state index in [1.807, 2.05) is 56.3 Å². The molecular formula is C19H17ClN2OS. The molecule has 0 aliphatic heterocycles. The standard InChI is InChI=1S/C19H17ClN2OS/c1-12-3-4-15(9-13(12)2)18(23)14-5-7-16(8-6-14)21-10-17-11-22-19(20)24-17/h3-9,11,21H,10H2,1-2H3. The van der Waals surface area contributed by atoms with Gasteiger partial charge in [-0.1, -0.05) is 23.7 Å². The summed E-state index contributed by atoms with van der Waals surface area (Å²) >= 11 is 7.27. The van der Waals surface area contributed by atoms with Crippen molar-refractivity contribution in [3.63, 3.8) is 0 Å². The monoisotopic (exact) mass is 356 g/mol. The zero-order valence-corrected chi connectivity index (χ0v) is 15.0. The molecule has 0 fully saturated rings. The summed E-state index contributed by atoms with van der Waals surface area (Å²) < 4.78 is 0.543. The fourth-order valence-corrected chi connectivity index (χ4v) is 3.26. The summed E-state index contributed by atoms with van der Waals surface area (Å²) in [4.78, 5) is 17.6. The summed E-state index contributed by atoms with van der Waals surface area (Å²) in [7, 11) is 0. The van der Waals surface area contributed by atoms with Gasteiger partial charge in [-0.15, -0.1) is 11.3 Å². The number of rotatable bonds is 5. The van der Waals surface area contributed by atoms with Crippen LogP contribution in [0.15, 0.2) is 48.7 Å². The smallest absolute Gasteiger partial charge is 0.193 e. The summed E-state index contributed by atoms with van der Waals surface area (Å²) in [5, 5.41) is 3.30. The van der Waals surface area contributed by atoms with E-state index in [4.69, 9.17) is 11.6 Å². The maximum absolute atomic E-state index is 12.6. The third-order valence-corrected chi connectivity index (χ3v) is 5.02. The van der Waals surface area contributed by atoms with E-state index in [0.29, 0.717) is 16.6 Å². The molecule has 0 radical (unpaired) electrons. The van der Waals surface area contributed by atoms with E-state index in [2.05, 4.69) is 10.3 Å². The van der Waals surface area contributed by atoms with Gasteiger partial charge in [0.05, 0.1) is 6.54 Å². The zero-order valence-electron chi connectivity index (χ0n) is 13.5. The molecular weight excluding hydrogens is 340 g/mol. The average Bonchev–Trinajstić information content (AvgIpc) is 3.01. The Balaban J connectivity index is 1.69. The number of carbonyl (C=O) groups is 1. The van der Waals surface area contributed by atoms with Gasteiger partial charge in [0.2, 0.25) is 0 Å². The highest BCUT2D eigenvalue weighted by Crippen LogP contribution is 2.20. The number of hydrogen-bond donors (Lipinski definition) is 1. The molecule has 0 atom stereocenters. The molecule has 0 spiro atoms. The summed E-state index contributed by atoms with van der Waals surface area (Å²) in [6.07, 6.45) is 1.76. The minimum atomic E-state index is 0.0406. The molecule has 1 N–H and O–H groups in total. The second-order valence-electron chi connectivity index (χ2n) is 5.64. The van der Waals surface area contributed by atoms with Crippen molar-refractivity contribution in [2.24, 2.45) is 0 Å². The third kappa shape index (κ3) is 3.83. The lowest BCUT2D eigenvalue weighted by atomic mass is 9.99. The van der Waals surface area contributed by atoms with Crippen molar-refractivity contribution in [2.75, 3.05) is 5.32 Å². The fraction of sp³-hybridized carbons (Fsp3) is 0.158. The number of halogens is 1. The first-order valence-corrected chi connectivity index (χ1v) is 8.78. The quantitative estimate of drug-likeness (QED) is 0.634. The van der Waals surface area contributed by atoms with Crippen molar-refractivity contribution in [3.05, 3.63) is 80.3 Å². The Bertz CT molecular complexity index is 871. The first kappa shape index (κ1) is 16.7. The summed E-state index contributed by atoms with van der Waals surface area (Å²) in [5.74, 6) is 0.0406. The number of anilines is 1. The Morgan fingerprint density at radius 1 is 1.08 bits per heavy atom. The van der Waals surface area contributed by atoms with E-state index in [-0.39, 0.29) is 5.78 Å². The lowest BCUT2D eigenvalue weighted by Gasteiger charge is -2.07. The van der Waals surface area contributed by atoms with Gasteiger partial charge in [-0.3, -0.25) is 4.79 Å². The molecule has 3 aromatic rings. The van der Waals surface area contributed by atoms with E-state index in [1.54, 1.807) is 6.20 Å². The lowest BCUT2D eigenvalue weighted by Crippen LogP contribution is -2.03. The number of thiazole rings is 1. The number of aromatic nitrogens is 1. The van der Waals surface area contributed by atoms with Crippen LogP contribution in [0.3, 0.4) is 0 Å². The van der Waals surface area contributed by atoms with Crippen LogP contribution in [0.5, 0.6) is 0 Å². The Morgan fingerprint density at radius 2 is 1.79 bits per heavy atom. The number of carbonyl (C=O) groups excluding carboxylic acids is 1. The molecule has 5 heteroatoms. The second-order valence-corrected chi connectivity index (χ2v) is 7.34. The van der Waals surface area contributed by atoms with Gasteiger partial charge >= 0.3 is 0 Å². The molecule has 24 heavy (non-hydrogen) atoms. The number of nitrogens with one attached hydrogen (secondary N) is 1. The van der Waals surface area contributed by atoms with Gasteiger partial charge in [0.15, 0.2) is 10.3 Å². The number of hydrogen-bond acceptors (Lipinski definition) is 4. The number of ketones is 1. The van der Waals surface area contributed by atoms with Crippen LogP contribution in [-0.4, -0.2) is 10.8 Å². The highest BCUT2D eigenvalue weighted by Gasteiger charge is 2.10. The molecule has 3 nitrogen and oxygen atoms in total. The molecule has 2 aromatic carbocycles. The third-order valence-electron chi connectivity index (χ3n) is 3.91. The van der Waals surface area contributed by atoms with Gasteiger partial charge in [0.25, 0.3) is 0 Å². The van der Waals surface area contributed by atoms with E-state index in [9.17, 15) is 4.79 Å². The molecule has 122 valence electrons. The molecule has 3 rings (SSSR count). The van der Waals surface area contributed by atoms with Crippen LogP contribution in [-0.2, 0) is 6.54 Å². The number of aryl methyl sites for hydroxylation is 2. The van der Waals surface area contributed by atoms with Gasteiger partial charge in [-0.2, -0.15) is 0 Å². The van der Waals surface area contributed by atoms with Gasteiger partial charge in [0.1, 0.15) is 0 Å². The van der Waals surface area contributed by atoms with Crippen LogP contribution in [0.1, 0.15) is 31.9 Å². The Morgan fingerprint density at radius 3 is 2.42 bits per heavy atom. The highest BCUT2D eigenvalue weighted by atomic mass is 35.5. The number of benzene rings is 2. The van der Waals surface area contributed by atoms with E-state index in [1.165, 1.54) is 16.9 Å². The predicted octanol–water partition coefficient (Wildman–Crippen LogP) is 5.26. The van der Waals surface area contributed by atoms with E-state index >= 15 is 0 Å². The van der Waals surface area contributed by atoms with E-state index < -0.39 is 0 Å². The molecule has 0 bridgehead atoms. The maximum Gasteiger partial charge on any atom is 0.193 e. The molecule has 1 aromatic heterocycles. The first-order chi connectivity index (χ1) is 11.5. The van der Waals surface area contributed by atoms with Gasteiger partial charge in [0, 0.05) is 27.9 Å². The molecule has 0 amide bonds. The van der Waals surface area contributed by atoms with Crippen molar-refractivity contribution in [3.8, 4) is 0 Å². The van der Waals surface area contributed by atoms with Crippen LogP contribution in [0.4, 0.5) is 5.69 Å². The second kappa shape index (κ2) is 7.16. The number of nitrogens with zero attached hydrogens (tertiary/aromatic N) is 1. The Labute approximate surface area is 150 Å². The van der Waals surface area contributed by atoms with Gasteiger partial charge < -0.3 is 5.32 Å². The minimum absolute atomic E-state index is 0.0406. The van der Waals surface area contributed by atoms with Crippen molar-refractivity contribution in [2.45, 2.75) is 20.4 Å². The molecule has 0 unspecified atom stereocenters. The van der Waals surface area contributed by atoms with E-state index in [0.717, 1.165) is 21.7 Å². The topological polar surface area (TPSA) is 42.0 Å². The first-order valence-electron chi connectivity index (χ1n) is 7.59. The largest absolute Gasteiger partial charge is 0.380 e. The van der Waals surface area contributed by atoms with Crippen molar-refractivity contribution in [1.82, 2.24) is 4.98 Å². The van der Waals surface area contributed by atoms with Crippen LogP contribution >= 0.6 is 22.9 Å². The molecule has 0 saturated carbocycles. The normalized spacial score (nSPS) is 10.6.